The van der Waals surface area contributed by atoms with Crippen LogP contribution < -0.4 is 5.32 Å². The van der Waals surface area contributed by atoms with Crippen molar-refractivity contribution in [3.63, 3.8) is 0 Å². The van der Waals surface area contributed by atoms with E-state index in [1.165, 1.54) is 5.56 Å². The summed E-state index contributed by atoms with van der Waals surface area (Å²) >= 11 is 3.51. The molecule has 2 aromatic carbocycles. The maximum atomic E-state index is 4.83. The van der Waals surface area contributed by atoms with E-state index in [1.54, 1.807) is 0 Å². The standard InChI is InChI=1S/C19H19BrN2/c1-19(2)13-16(11-10-14-6-5-7-15(20)12-14)21-17-8-3-4-9-18(17)22-19/h3-12,22H,13H2,1-2H3/b11-10+. The number of nitrogens with one attached hydrogen (secondary N) is 1. The van der Waals surface area contributed by atoms with E-state index in [-0.39, 0.29) is 5.54 Å². The van der Waals surface area contributed by atoms with Gasteiger partial charge in [-0.3, -0.25) is 4.99 Å². The van der Waals surface area contributed by atoms with Crippen LogP contribution in [0.3, 0.4) is 0 Å². The molecule has 1 aliphatic rings. The molecule has 1 heterocycles. The van der Waals surface area contributed by atoms with Crippen molar-refractivity contribution >= 4 is 39.1 Å². The molecule has 3 heteroatoms. The number of para-hydroxylation sites is 2. The van der Waals surface area contributed by atoms with Crippen molar-refractivity contribution in [3.05, 3.63) is 64.6 Å². The molecule has 2 aromatic rings. The summed E-state index contributed by atoms with van der Waals surface area (Å²) in [4.78, 5) is 4.83. The minimum atomic E-state index is -0.0208. The fourth-order valence-electron chi connectivity index (χ4n) is 2.63. The Hall–Kier alpha value is -1.87. The highest BCUT2D eigenvalue weighted by Gasteiger charge is 2.23. The summed E-state index contributed by atoms with van der Waals surface area (Å²) in [5.74, 6) is 0. The van der Waals surface area contributed by atoms with Crippen molar-refractivity contribution in [2.24, 2.45) is 4.99 Å². The molecule has 0 saturated carbocycles. The van der Waals surface area contributed by atoms with Crippen LogP contribution in [0.2, 0.25) is 0 Å². The minimum absolute atomic E-state index is 0.0208. The van der Waals surface area contributed by atoms with Crippen molar-refractivity contribution in [2.45, 2.75) is 25.8 Å². The van der Waals surface area contributed by atoms with Crippen LogP contribution in [0.5, 0.6) is 0 Å². The Labute approximate surface area is 140 Å². The van der Waals surface area contributed by atoms with Crippen molar-refractivity contribution in [3.8, 4) is 0 Å². The summed E-state index contributed by atoms with van der Waals surface area (Å²) in [6.45, 7) is 4.41. The predicted molar refractivity (Wildman–Crippen MR) is 99.0 cm³/mol. The first-order valence-electron chi connectivity index (χ1n) is 7.40. The summed E-state index contributed by atoms with van der Waals surface area (Å²) < 4.78 is 1.09. The lowest BCUT2D eigenvalue weighted by atomic mass is 9.96. The van der Waals surface area contributed by atoms with Crippen LogP contribution in [0.1, 0.15) is 25.8 Å². The Morgan fingerprint density at radius 2 is 1.91 bits per heavy atom. The van der Waals surface area contributed by atoms with Crippen LogP contribution in [0.25, 0.3) is 6.08 Å². The van der Waals surface area contributed by atoms with Gasteiger partial charge in [0.05, 0.1) is 11.4 Å². The Kier molecular flexibility index (Phi) is 4.16. The van der Waals surface area contributed by atoms with Gasteiger partial charge in [-0.05, 0) is 49.8 Å². The van der Waals surface area contributed by atoms with Crippen molar-refractivity contribution < 1.29 is 0 Å². The van der Waals surface area contributed by atoms with Gasteiger partial charge in [-0.2, -0.15) is 0 Å². The SMILES string of the molecule is CC1(C)CC(/C=C/c2cccc(Br)c2)=Nc2ccccc2N1. The highest BCUT2D eigenvalue weighted by atomic mass is 79.9. The molecule has 1 aliphatic heterocycles. The summed E-state index contributed by atoms with van der Waals surface area (Å²) in [7, 11) is 0. The average Bonchev–Trinajstić information content (AvgIpc) is 2.59. The van der Waals surface area contributed by atoms with Crippen molar-refractivity contribution in [1.29, 1.82) is 0 Å². The van der Waals surface area contributed by atoms with Gasteiger partial charge in [0.25, 0.3) is 0 Å². The van der Waals surface area contributed by atoms with Gasteiger partial charge in [-0.15, -0.1) is 0 Å². The Bertz CT molecular complexity index is 745. The fraction of sp³-hybridized carbons (Fsp3) is 0.211. The first-order chi connectivity index (χ1) is 10.5. The highest BCUT2D eigenvalue weighted by Crippen LogP contribution is 2.32. The second-order valence-electron chi connectivity index (χ2n) is 6.19. The first kappa shape index (κ1) is 15.0. The van der Waals surface area contributed by atoms with Gasteiger partial charge in [0.2, 0.25) is 0 Å². The van der Waals surface area contributed by atoms with Crippen molar-refractivity contribution in [1.82, 2.24) is 0 Å². The van der Waals surface area contributed by atoms with Gasteiger partial charge in [0, 0.05) is 22.1 Å². The lowest BCUT2D eigenvalue weighted by Gasteiger charge is -2.25. The number of nitrogens with zero attached hydrogens (tertiary/aromatic N) is 1. The number of anilines is 1. The van der Waals surface area contributed by atoms with Gasteiger partial charge >= 0.3 is 0 Å². The molecule has 0 fully saturated rings. The molecule has 0 atom stereocenters. The Morgan fingerprint density at radius 3 is 2.73 bits per heavy atom. The molecule has 3 rings (SSSR count). The maximum Gasteiger partial charge on any atom is 0.0864 e. The molecule has 0 radical (unpaired) electrons. The number of hydrogen-bond donors (Lipinski definition) is 1. The molecule has 0 saturated heterocycles. The van der Waals surface area contributed by atoms with Gasteiger partial charge in [0.1, 0.15) is 0 Å². The molecular weight excluding hydrogens is 336 g/mol. The van der Waals surface area contributed by atoms with Gasteiger partial charge in [0.15, 0.2) is 0 Å². The Morgan fingerprint density at radius 1 is 1.09 bits per heavy atom. The van der Waals surface area contributed by atoms with E-state index in [0.717, 1.165) is 28.0 Å². The average molecular weight is 355 g/mol. The molecule has 0 bridgehead atoms. The molecule has 0 aromatic heterocycles. The summed E-state index contributed by atoms with van der Waals surface area (Å²) in [5.41, 5.74) is 4.33. The summed E-state index contributed by atoms with van der Waals surface area (Å²) in [6, 6.07) is 16.5. The number of hydrogen-bond acceptors (Lipinski definition) is 2. The monoisotopic (exact) mass is 354 g/mol. The van der Waals surface area contributed by atoms with E-state index in [1.807, 2.05) is 24.3 Å². The van der Waals surface area contributed by atoms with E-state index in [4.69, 9.17) is 4.99 Å². The quantitative estimate of drug-likeness (QED) is 0.720. The molecule has 112 valence electrons. The molecule has 0 unspecified atom stereocenters. The summed E-state index contributed by atoms with van der Waals surface area (Å²) in [6.07, 6.45) is 5.12. The molecule has 0 amide bonds. The number of allylic oxidation sites excluding steroid dienone is 1. The topological polar surface area (TPSA) is 24.4 Å². The second kappa shape index (κ2) is 6.09. The van der Waals surface area contributed by atoms with Gasteiger partial charge < -0.3 is 5.32 Å². The zero-order valence-corrected chi connectivity index (χ0v) is 14.4. The molecular formula is C19H19BrN2. The number of halogens is 1. The van der Waals surface area contributed by atoms with Crippen LogP contribution in [-0.2, 0) is 0 Å². The van der Waals surface area contributed by atoms with E-state index in [2.05, 4.69) is 71.5 Å². The third-order valence-corrected chi connectivity index (χ3v) is 4.07. The zero-order valence-electron chi connectivity index (χ0n) is 12.8. The Balaban J connectivity index is 1.94. The second-order valence-corrected chi connectivity index (χ2v) is 7.11. The number of rotatable bonds is 2. The van der Waals surface area contributed by atoms with Crippen LogP contribution in [0.4, 0.5) is 11.4 Å². The minimum Gasteiger partial charge on any atom is -0.378 e. The van der Waals surface area contributed by atoms with Crippen LogP contribution in [0, 0.1) is 0 Å². The smallest absolute Gasteiger partial charge is 0.0864 e. The first-order valence-corrected chi connectivity index (χ1v) is 8.20. The third kappa shape index (κ3) is 3.66. The molecule has 0 spiro atoms. The number of benzene rings is 2. The predicted octanol–water partition coefficient (Wildman–Crippen LogP) is 5.83. The van der Waals surface area contributed by atoms with Crippen LogP contribution in [0.15, 0.2) is 64.1 Å². The normalized spacial score (nSPS) is 16.6. The fourth-order valence-corrected chi connectivity index (χ4v) is 3.05. The highest BCUT2D eigenvalue weighted by molar-refractivity contribution is 9.10. The molecule has 2 nitrogen and oxygen atoms in total. The van der Waals surface area contributed by atoms with E-state index >= 15 is 0 Å². The van der Waals surface area contributed by atoms with Gasteiger partial charge in [-0.1, -0.05) is 46.3 Å². The maximum absolute atomic E-state index is 4.83. The van der Waals surface area contributed by atoms with Gasteiger partial charge in [-0.25, -0.2) is 0 Å². The summed E-state index contributed by atoms with van der Waals surface area (Å²) in [5, 5.41) is 3.58. The van der Waals surface area contributed by atoms with Crippen molar-refractivity contribution in [2.75, 3.05) is 5.32 Å². The van der Waals surface area contributed by atoms with E-state index in [0.29, 0.717) is 0 Å². The van der Waals surface area contributed by atoms with E-state index < -0.39 is 0 Å². The molecule has 0 aliphatic carbocycles. The largest absolute Gasteiger partial charge is 0.378 e. The number of fused-ring (bicyclic) bond motifs is 1. The van der Waals surface area contributed by atoms with Crippen LogP contribution in [-0.4, -0.2) is 11.3 Å². The lowest BCUT2D eigenvalue weighted by molar-refractivity contribution is 0.596. The lowest BCUT2D eigenvalue weighted by Crippen LogP contribution is -2.32. The third-order valence-electron chi connectivity index (χ3n) is 3.58. The van der Waals surface area contributed by atoms with Crippen LogP contribution >= 0.6 is 15.9 Å². The molecule has 1 N–H and O–H groups in total. The number of aliphatic imine (C=N–C) groups is 1. The molecule has 22 heavy (non-hydrogen) atoms. The zero-order chi connectivity index (χ0) is 15.6. The van der Waals surface area contributed by atoms with E-state index in [9.17, 15) is 0 Å².